The van der Waals surface area contributed by atoms with E-state index in [9.17, 15) is 27.9 Å². The molecule has 0 saturated carbocycles. The molecule has 0 fully saturated rings. The van der Waals surface area contributed by atoms with Crippen LogP contribution in [0.25, 0.3) is 17.1 Å². The maximum absolute atomic E-state index is 13.2. The van der Waals surface area contributed by atoms with Crippen molar-refractivity contribution >= 4 is 40.8 Å². The topological polar surface area (TPSA) is 117 Å². The lowest BCUT2D eigenvalue weighted by Crippen LogP contribution is -2.37. The van der Waals surface area contributed by atoms with E-state index in [0.717, 1.165) is 4.68 Å². The Morgan fingerprint density at radius 2 is 1.70 bits per heavy atom. The van der Waals surface area contributed by atoms with Gasteiger partial charge >= 0.3 is 17.8 Å². The average Bonchev–Trinajstić information content (AvgIpc) is 3.40. The van der Waals surface area contributed by atoms with Crippen LogP contribution in [0.3, 0.4) is 0 Å². The first kappa shape index (κ1) is 29.6. The second-order valence-electron chi connectivity index (χ2n) is 8.56. The third-order valence-electron chi connectivity index (χ3n) is 5.58. The number of ether oxygens (including phenoxy) is 1. The summed E-state index contributed by atoms with van der Waals surface area (Å²) >= 11 is 18.6. The molecule has 10 nitrogen and oxygen atoms in total. The fourth-order valence-electron chi connectivity index (χ4n) is 3.79. The molecule has 2 atom stereocenters. The molecule has 0 saturated heterocycles. The number of rotatable bonds is 8. The largest absolute Gasteiger partial charge is 0.455 e. The summed E-state index contributed by atoms with van der Waals surface area (Å²) in [6, 6.07) is 10.6. The van der Waals surface area contributed by atoms with E-state index in [-0.39, 0.29) is 38.8 Å². The predicted octanol–water partition coefficient (Wildman–Crippen LogP) is 4.85. The molecule has 0 aliphatic carbocycles. The number of halogens is 6. The Morgan fingerprint density at radius 3 is 2.27 bits per heavy atom. The number of hydrogen-bond donors (Lipinski definition) is 1. The predicted molar refractivity (Wildman–Crippen MR) is 140 cm³/mol. The molecule has 40 heavy (non-hydrogen) atoms. The highest BCUT2D eigenvalue weighted by Gasteiger charge is 2.39. The number of nitrogens with zero attached hydrogens (tertiary/aromatic N) is 6. The Kier molecular flexibility index (Phi) is 8.59. The number of carbonyl (C=O) groups is 1. The van der Waals surface area contributed by atoms with Crippen LogP contribution in [-0.2, 0) is 22.6 Å². The summed E-state index contributed by atoms with van der Waals surface area (Å²) < 4.78 is 47.5. The van der Waals surface area contributed by atoms with Crippen molar-refractivity contribution < 1.29 is 27.8 Å². The molecule has 1 N–H and O–H groups in total. The molecule has 16 heteroatoms. The van der Waals surface area contributed by atoms with E-state index in [1.165, 1.54) is 42.8 Å². The van der Waals surface area contributed by atoms with Gasteiger partial charge in [0, 0.05) is 17.5 Å². The van der Waals surface area contributed by atoms with Gasteiger partial charge < -0.3 is 9.84 Å². The monoisotopic (exact) mass is 618 g/mol. The number of aliphatic hydroxyl groups is 1. The van der Waals surface area contributed by atoms with Gasteiger partial charge in [0.05, 0.1) is 16.6 Å². The van der Waals surface area contributed by atoms with Crippen molar-refractivity contribution in [1.29, 1.82) is 0 Å². The molecule has 0 unspecified atom stereocenters. The van der Waals surface area contributed by atoms with E-state index >= 15 is 0 Å². The van der Waals surface area contributed by atoms with Gasteiger partial charge in [-0.05, 0) is 43.3 Å². The number of hydrogen-bond acceptors (Lipinski definition) is 7. The maximum Gasteiger partial charge on any atom is 0.416 e. The van der Waals surface area contributed by atoms with Crippen LogP contribution in [-0.4, -0.2) is 52.5 Å². The van der Waals surface area contributed by atoms with Crippen molar-refractivity contribution in [1.82, 2.24) is 29.1 Å². The number of aliphatic hydroxyl groups excluding tert-OH is 1. The molecule has 0 aliphatic rings. The summed E-state index contributed by atoms with van der Waals surface area (Å²) in [6.07, 6.45) is -8.73. The Hall–Kier alpha value is -3.39. The van der Waals surface area contributed by atoms with E-state index in [2.05, 4.69) is 15.2 Å². The van der Waals surface area contributed by atoms with Gasteiger partial charge in [0.2, 0.25) is 0 Å². The van der Waals surface area contributed by atoms with E-state index < -0.39 is 43.1 Å². The summed E-state index contributed by atoms with van der Waals surface area (Å²) in [5.74, 6) is -0.652. The molecule has 2 aromatic carbocycles. The van der Waals surface area contributed by atoms with Gasteiger partial charge in [-0.3, -0.25) is 9.36 Å². The van der Waals surface area contributed by atoms with Crippen LogP contribution in [0.4, 0.5) is 13.2 Å². The van der Waals surface area contributed by atoms with Crippen molar-refractivity contribution in [2.45, 2.75) is 45.3 Å². The minimum Gasteiger partial charge on any atom is -0.455 e. The van der Waals surface area contributed by atoms with Crippen molar-refractivity contribution in [2.75, 3.05) is 0 Å². The normalized spacial score (nSPS) is 13.3. The third kappa shape index (κ3) is 6.33. The molecule has 0 amide bonds. The standard InChI is InChI=1S/C24H20Cl3F3N6O4/c1-12(40-13(2)37)21-31-19(32-36(21)20-16(26)4-3-5-17(20)27)11-35-23(39)34(10-18(38)24(28,29)30)22(33-35)14-6-8-15(25)9-7-14/h3-9,12,18,38H,10-11H2,1-2H3/t12-,18+/m1/s1. The molecule has 0 aliphatic heterocycles. The van der Waals surface area contributed by atoms with Gasteiger partial charge in [-0.15, -0.1) is 10.2 Å². The summed E-state index contributed by atoms with van der Waals surface area (Å²) in [4.78, 5) is 29.2. The fourth-order valence-corrected chi connectivity index (χ4v) is 4.47. The first-order valence-electron chi connectivity index (χ1n) is 11.5. The van der Waals surface area contributed by atoms with Crippen LogP contribution >= 0.6 is 34.8 Å². The highest BCUT2D eigenvalue weighted by Crippen LogP contribution is 2.31. The molecule has 212 valence electrons. The zero-order valence-corrected chi connectivity index (χ0v) is 23.0. The highest BCUT2D eigenvalue weighted by molar-refractivity contribution is 6.37. The van der Waals surface area contributed by atoms with Gasteiger partial charge in [0.1, 0.15) is 12.2 Å². The Bertz CT molecular complexity index is 1580. The first-order chi connectivity index (χ1) is 18.8. The van der Waals surface area contributed by atoms with Gasteiger partial charge in [0.15, 0.2) is 29.7 Å². The molecule has 2 aromatic heterocycles. The number of alkyl halides is 3. The number of benzene rings is 2. The van der Waals surface area contributed by atoms with E-state index in [0.29, 0.717) is 9.59 Å². The second kappa shape index (κ2) is 11.6. The van der Waals surface area contributed by atoms with Crippen molar-refractivity contribution in [3.63, 3.8) is 0 Å². The first-order valence-corrected chi connectivity index (χ1v) is 12.7. The smallest absolute Gasteiger partial charge is 0.416 e. The van der Waals surface area contributed by atoms with Crippen LogP contribution in [0.1, 0.15) is 31.6 Å². The van der Waals surface area contributed by atoms with Crippen LogP contribution in [0.15, 0.2) is 47.3 Å². The van der Waals surface area contributed by atoms with Crippen LogP contribution in [0, 0.1) is 0 Å². The minimum absolute atomic E-state index is 0.0178. The number of para-hydroxylation sites is 1. The van der Waals surface area contributed by atoms with Crippen molar-refractivity contribution in [3.8, 4) is 17.1 Å². The lowest BCUT2D eigenvalue weighted by atomic mass is 10.2. The summed E-state index contributed by atoms with van der Waals surface area (Å²) in [5, 5.41) is 19.0. The summed E-state index contributed by atoms with van der Waals surface area (Å²) in [7, 11) is 0. The zero-order valence-electron chi connectivity index (χ0n) is 20.7. The van der Waals surface area contributed by atoms with Crippen molar-refractivity contribution in [2.24, 2.45) is 0 Å². The molecule has 2 heterocycles. The lowest BCUT2D eigenvalue weighted by molar-refractivity contribution is -0.207. The maximum atomic E-state index is 13.2. The van der Waals surface area contributed by atoms with Gasteiger partial charge in [-0.1, -0.05) is 40.9 Å². The molecule has 4 rings (SSSR count). The molecule has 0 radical (unpaired) electrons. The fraction of sp³-hybridized carbons (Fsp3) is 0.292. The van der Waals surface area contributed by atoms with Gasteiger partial charge in [-0.2, -0.15) is 13.2 Å². The molecular formula is C24H20Cl3F3N6O4. The molecular weight excluding hydrogens is 600 g/mol. The van der Waals surface area contributed by atoms with Crippen LogP contribution < -0.4 is 5.69 Å². The second-order valence-corrected chi connectivity index (χ2v) is 9.81. The Balaban J connectivity index is 1.82. The average molecular weight is 620 g/mol. The quantitative estimate of drug-likeness (QED) is 0.280. The van der Waals surface area contributed by atoms with E-state index in [1.807, 2.05) is 0 Å². The van der Waals surface area contributed by atoms with E-state index in [1.54, 1.807) is 18.2 Å². The SMILES string of the molecule is CC(=O)O[C@H](C)c1nc(Cn2nc(-c3ccc(Cl)cc3)n(C[C@H](O)C(F)(F)F)c2=O)nn1-c1c(Cl)cccc1Cl. The summed E-state index contributed by atoms with van der Waals surface area (Å²) in [5.41, 5.74) is -0.457. The van der Waals surface area contributed by atoms with Crippen molar-refractivity contribution in [3.05, 3.63) is 79.7 Å². The summed E-state index contributed by atoms with van der Waals surface area (Å²) in [6.45, 7) is 1.24. The van der Waals surface area contributed by atoms with Crippen LogP contribution in [0.2, 0.25) is 15.1 Å². The number of esters is 1. The van der Waals surface area contributed by atoms with Gasteiger partial charge in [0.25, 0.3) is 0 Å². The van der Waals surface area contributed by atoms with Gasteiger partial charge in [-0.25, -0.2) is 19.1 Å². The number of carbonyl (C=O) groups excluding carboxylic acids is 1. The third-order valence-corrected chi connectivity index (χ3v) is 6.44. The Labute approximate surface area is 239 Å². The van der Waals surface area contributed by atoms with E-state index in [4.69, 9.17) is 39.5 Å². The molecule has 0 spiro atoms. The lowest BCUT2D eigenvalue weighted by Gasteiger charge is -2.15. The van der Waals surface area contributed by atoms with Crippen LogP contribution in [0.5, 0.6) is 0 Å². The minimum atomic E-state index is -4.98. The number of aromatic nitrogens is 6. The Morgan fingerprint density at radius 1 is 1.07 bits per heavy atom. The zero-order chi connectivity index (χ0) is 29.4. The highest BCUT2D eigenvalue weighted by atomic mass is 35.5. The molecule has 0 bridgehead atoms. The molecule has 4 aromatic rings.